The van der Waals surface area contributed by atoms with Crippen molar-refractivity contribution in [1.29, 1.82) is 0 Å². The number of anilines is 1. The van der Waals surface area contributed by atoms with E-state index in [0.717, 1.165) is 24.9 Å². The number of hydrogen-bond acceptors (Lipinski definition) is 2. The summed E-state index contributed by atoms with van der Waals surface area (Å²) in [5.41, 5.74) is 4.52. The molecule has 0 unspecified atom stereocenters. The molecule has 0 saturated heterocycles. The molecule has 1 N–H and O–H groups in total. The van der Waals surface area contributed by atoms with Crippen LogP contribution >= 0.6 is 0 Å². The van der Waals surface area contributed by atoms with Crippen LogP contribution in [0.15, 0.2) is 42.7 Å². The van der Waals surface area contributed by atoms with E-state index in [1.165, 1.54) is 16.7 Å². The summed E-state index contributed by atoms with van der Waals surface area (Å²) in [6.07, 6.45) is 6.19. The van der Waals surface area contributed by atoms with E-state index in [2.05, 4.69) is 42.3 Å². The molecular weight excluding hydrogens is 286 g/mol. The second kappa shape index (κ2) is 8.32. The molecule has 2 amide bonds. The Morgan fingerprint density at radius 1 is 1.09 bits per heavy atom. The third kappa shape index (κ3) is 4.55. The standard InChI is InChI=1S/C19H25N3O/c1-4-16-7-6-8-17(5-2)18(16)21-19(23)22(3)14-11-15-9-12-20-13-10-15/h6-10,12-13H,4-5,11,14H2,1-3H3,(H,21,23). The third-order valence-corrected chi connectivity index (χ3v) is 4.06. The lowest BCUT2D eigenvalue weighted by atomic mass is 10.0. The number of para-hydroxylation sites is 1. The molecule has 23 heavy (non-hydrogen) atoms. The Morgan fingerprint density at radius 3 is 2.26 bits per heavy atom. The third-order valence-electron chi connectivity index (χ3n) is 4.06. The van der Waals surface area contributed by atoms with Crippen molar-refractivity contribution < 1.29 is 4.79 Å². The molecule has 1 aromatic carbocycles. The molecule has 4 nitrogen and oxygen atoms in total. The van der Waals surface area contributed by atoms with Gasteiger partial charge in [0.05, 0.1) is 0 Å². The van der Waals surface area contributed by atoms with Crippen LogP contribution < -0.4 is 5.32 Å². The average molecular weight is 311 g/mol. The first-order valence-electron chi connectivity index (χ1n) is 8.17. The van der Waals surface area contributed by atoms with E-state index in [0.29, 0.717) is 6.54 Å². The molecule has 0 aliphatic carbocycles. The van der Waals surface area contributed by atoms with Gasteiger partial charge in [0.1, 0.15) is 0 Å². The van der Waals surface area contributed by atoms with Crippen LogP contribution in [0.5, 0.6) is 0 Å². The van der Waals surface area contributed by atoms with E-state index >= 15 is 0 Å². The Labute approximate surface area is 138 Å². The van der Waals surface area contributed by atoms with Gasteiger partial charge in [-0.15, -0.1) is 0 Å². The molecule has 4 heteroatoms. The van der Waals surface area contributed by atoms with Crippen molar-refractivity contribution in [2.24, 2.45) is 0 Å². The summed E-state index contributed by atoms with van der Waals surface area (Å²) >= 11 is 0. The fourth-order valence-electron chi connectivity index (χ4n) is 2.55. The number of nitrogens with zero attached hydrogens (tertiary/aromatic N) is 2. The largest absolute Gasteiger partial charge is 0.327 e. The number of amides is 2. The molecule has 2 rings (SSSR count). The maximum absolute atomic E-state index is 12.5. The number of carbonyl (C=O) groups excluding carboxylic acids is 1. The molecule has 0 atom stereocenters. The maximum Gasteiger partial charge on any atom is 0.321 e. The number of aryl methyl sites for hydroxylation is 2. The highest BCUT2D eigenvalue weighted by atomic mass is 16.2. The van der Waals surface area contributed by atoms with Crippen LogP contribution in [0.3, 0.4) is 0 Å². The van der Waals surface area contributed by atoms with Gasteiger partial charge in [-0.05, 0) is 48.1 Å². The summed E-state index contributed by atoms with van der Waals surface area (Å²) < 4.78 is 0. The van der Waals surface area contributed by atoms with E-state index in [9.17, 15) is 4.79 Å². The summed E-state index contributed by atoms with van der Waals surface area (Å²) in [7, 11) is 1.83. The number of hydrogen-bond donors (Lipinski definition) is 1. The smallest absolute Gasteiger partial charge is 0.321 e. The summed E-state index contributed by atoms with van der Waals surface area (Å²) in [6.45, 7) is 4.89. The van der Waals surface area contributed by atoms with Crippen LogP contribution in [0, 0.1) is 0 Å². The number of likely N-dealkylation sites (N-methyl/N-ethyl adjacent to an activating group) is 1. The van der Waals surface area contributed by atoms with Crippen LogP contribution in [-0.2, 0) is 19.3 Å². The quantitative estimate of drug-likeness (QED) is 0.879. The number of rotatable bonds is 6. The van der Waals surface area contributed by atoms with Crippen molar-refractivity contribution >= 4 is 11.7 Å². The van der Waals surface area contributed by atoms with Gasteiger partial charge in [0.2, 0.25) is 0 Å². The van der Waals surface area contributed by atoms with Gasteiger partial charge in [-0.2, -0.15) is 0 Å². The molecule has 1 aromatic heterocycles. The Bertz CT molecular complexity index is 618. The van der Waals surface area contributed by atoms with E-state index in [-0.39, 0.29) is 6.03 Å². The van der Waals surface area contributed by atoms with E-state index in [1.807, 2.05) is 19.2 Å². The molecule has 0 fully saturated rings. The highest BCUT2D eigenvalue weighted by Crippen LogP contribution is 2.22. The Kier molecular flexibility index (Phi) is 6.15. The van der Waals surface area contributed by atoms with Crippen molar-refractivity contribution in [3.8, 4) is 0 Å². The molecule has 0 aliphatic heterocycles. The minimum absolute atomic E-state index is 0.0605. The lowest BCUT2D eigenvalue weighted by molar-refractivity contribution is 0.223. The normalized spacial score (nSPS) is 10.4. The fourth-order valence-corrected chi connectivity index (χ4v) is 2.55. The van der Waals surface area contributed by atoms with Gasteiger partial charge in [0, 0.05) is 31.7 Å². The first-order chi connectivity index (χ1) is 11.2. The molecule has 1 heterocycles. The highest BCUT2D eigenvalue weighted by Gasteiger charge is 2.13. The molecular formula is C19H25N3O. The summed E-state index contributed by atoms with van der Waals surface area (Å²) in [4.78, 5) is 18.2. The van der Waals surface area contributed by atoms with Crippen molar-refractivity contribution in [1.82, 2.24) is 9.88 Å². The zero-order valence-electron chi connectivity index (χ0n) is 14.2. The Balaban J connectivity index is 2.01. The van der Waals surface area contributed by atoms with Gasteiger partial charge >= 0.3 is 6.03 Å². The number of nitrogens with one attached hydrogen (secondary N) is 1. The van der Waals surface area contributed by atoms with Crippen molar-refractivity contribution in [3.63, 3.8) is 0 Å². The van der Waals surface area contributed by atoms with Gasteiger partial charge in [-0.3, -0.25) is 4.98 Å². The number of pyridine rings is 1. The predicted octanol–water partition coefficient (Wildman–Crippen LogP) is 3.91. The van der Waals surface area contributed by atoms with E-state index in [4.69, 9.17) is 0 Å². The highest BCUT2D eigenvalue weighted by molar-refractivity contribution is 5.91. The van der Waals surface area contributed by atoms with Gasteiger partial charge in [0.25, 0.3) is 0 Å². The lowest BCUT2D eigenvalue weighted by Crippen LogP contribution is -2.33. The van der Waals surface area contributed by atoms with Crippen LogP contribution in [0.2, 0.25) is 0 Å². The number of carbonyl (C=O) groups is 1. The van der Waals surface area contributed by atoms with Gasteiger partial charge in [-0.1, -0.05) is 32.0 Å². The summed E-state index contributed by atoms with van der Waals surface area (Å²) in [5, 5.41) is 3.09. The second-order valence-corrected chi connectivity index (χ2v) is 5.62. The second-order valence-electron chi connectivity index (χ2n) is 5.62. The zero-order chi connectivity index (χ0) is 16.7. The lowest BCUT2D eigenvalue weighted by Gasteiger charge is -2.21. The van der Waals surface area contributed by atoms with Crippen LogP contribution in [0.25, 0.3) is 0 Å². The first kappa shape index (κ1) is 17.0. The van der Waals surface area contributed by atoms with Gasteiger partial charge < -0.3 is 10.2 Å². The Morgan fingerprint density at radius 2 is 1.70 bits per heavy atom. The Hall–Kier alpha value is -2.36. The first-order valence-corrected chi connectivity index (χ1v) is 8.17. The van der Waals surface area contributed by atoms with Gasteiger partial charge in [0.15, 0.2) is 0 Å². The number of aromatic nitrogens is 1. The van der Waals surface area contributed by atoms with Crippen molar-refractivity contribution in [2.75, 3.05) is 18.9 Å². The van der Waals surface area contributed by atoms with Crippen LogP contribution in [0.1, 0.15) is 30.5 Å². The SMILES string of the molecule is CCc1cccc(CC)c1NC(=O)N(C)CCc1ccncc1. The molecule has 0 saturated carbocycles. The van der Waals surface area contributed by atoms with Crippen LogP contribution in [0.4, 0.5) is 10.5 Å². The molecule has 0 spiro atoms. The summed E-state index contributed by atoms with van der Waals surface area (Å²) in [5.74, 6) is 0. The van der Waals surface area contributed by atoms with Crippen molar-refractivity contribution in [3.05, 3.63) is 59.4 Å². The maximum atomic E-state index is 12.5. The fraction of sp³-hybridized carbons (Fsp3) is 0.368. The minimum atomic E-state index is -0.0605. The van der Waals surface area contributed by atoms with Crippen molar-refractivity contribution in [2.45, 2.75) is 33.1 Å². The molecule has 2 aromatic rings. The molecule has 0 radical (unpaired) electrons. The van der Waals surface area contributed by atoms with E-state index in [1.54, 1.807) is 17.3 Å². The average Bonchev–Trinajstić information content (AvgIpc) is 2.60. The zero-order valence-corrected chi connectivity index (χ0v) is 14.2. The van der Waals surface area contributed by atoms with Gasteiger partial charge in [-0.25, -0.2) is 4.79 Å². The molecule has 0 bridgehead atoms. The monoisotopic (exact) mass is 311 g/mol. The van der Waals surface area contributed by atoms with E-state index < -0.39 is 0 Å². The minimum Gasteiger partial charge on any atom is -0.327 e. The summed E-state index contributed by atoms with van der Waals surface area (Å²) in [6, 6.07) is 10.1. The molecule has 0 aliphatic rings. The number of urea groups is 1. The number of benzene rings is 1. The molecule has 122 valence electrons. The van der Waals surface area contributed by atoms with Crippen LogP contribution in [-0.4, -0.2) is 29.5 Å². The topological polar surface area (TPSA) is 45.2 Å². The predicted molar refractivity (Wildman–Crippen MR) is 94.8 cm³/mol.